The maximum atomic E-state index is 12.7. The highest BCUT2D eigenvalue weighted by atomic mass is 32.1. The highest BCUT2D eigenvalue weighted by Gasteiger charge is 2.21. The molecule has 2 aromatic heterocycles. The average molecular weight is 353 g/mol. The Bertz CT molecular complexity index is 682. The summed E-state index contributed by atoms with van der Waals surface area (Å²) in [6, 6.07) is 0. The minimum absolute atomic E-state index is 0.0759. The normalized spacial score (nSPS) is 12.4. The molecule has 132 valence electrons. The number of aromatic nitrogens is 2. The fourth-order valence-electron chi connectivity index (χ4n) is 2.39. The van der Waals surface area contributed by atoms with Gasteiger partial charge in [0.05, 0.1) is 12.3 Å². The number of hydrogen-bond acceptors (Lipinski definition) is 5. The lowest BCUT2D eigenvalue weighted by Crippen LogP contribution is -2.39. The van der Waals surface area contributed by atoms with Crippen molar-refractivity contribution in [3.63, 3.8) is 0 Å². The first kappa shape index (κ1) is 18.4. The van der Waals surface area contributed by atoms with Crippen molar-refractivity contribution in [3.05, 3.63) is 23.5 Å². The summed E-state index contributed by atoms with van der Waals surface area (Å²) in [4.78, 5) is 30.4. The molecule has 2 heterocycles. The van der Waals surface area contributed by atoms with E-state index in [1.807, 2.05) is 22.9 Å². The molecule has 0 aliphatic heterocycles. The zero-order valence-electron chi connectivity index (χ0n) is 14.0. The lowest BCUT2D eigenvalue weighted by Gasteiger charge is -2.24. The number of thiazole rings is 1. The second kappa shape index (κ2) is 8.79. The summed E-state index contributed by atoms with van der Waals surface area (Å²) < 4.78 is 7.19. The van der Waals surface area contributed by atoms with Gasteiger partial charge in [-0.3, -0.25) is 14.0 Å². The van der Waals surface area contributed by atoms with E-state index in [4.69, 9.17) is 9.84 Å². The van der Waals surface area contributed by atoms with E-state index < -0.39 is 11.9 Å². The Morgan fingerprint density at radius 2 is 2.29 bits per heavy atom. The van der Waals surface area contributed by atoms with Crippen molar-refractivity contribution in [1.29, 1.82) is 0 Å². The summed E-state index contributed by atoms with van der Waals surface area (Å²) in [5.74, 6) is -1.57. The summed E-state index contributed by atoms with van der Waals surface area (Å²) in [5.41, 5.74) is 0.871. The number of carboxylic acid groups (broad SMARTS) is 1. The standard InChI is InChI=1S/C16H23N3O4S/c1-3-23-8-4-6-18(10-12(2)15(21)22)14(20)9-13-11-24-16-17-5-7-19(13)16/h5,7,11-12H,3-4,6,8-10H2,1-2H3,(H,21,22). The molecular formula is C16H23N3O4S. The van der Waals surface area contributed by atoms with Gasteiger partial charge in [0.25, 0.3) is 0 Å². The third-order valence-electron chi connectivity index (χ3n) is 3.74. The van der Waals surface area contributed by atoms with Gasteiger partial charge in [-0.05, 0) is 13.3 Å². The molecule has 24 heavy (non-hydrogen) atoms. The van der Waals surface area contributed by atoms with Crippen molar-refractivity contribution in [2.24, 2.45) is 5.92 Å². The molecule has 0 saturated heterocycles. The molecular weight excluding hydrogens is 330 g/mol. The molecule has 0 bridgehead atoms. The number of rotatable bonds is 10. The molecule has 0 aliphatic rings. The van der Waals surface area contributed by atoms with Gasteiger partial charge in [-0.15, -0.1) is 11.3 Å². The van der Waals surface area contributed by atoms with Gasteiger partial charge in [-0.2, -0.15) is 0 Å². The minimum Gasteiger partial charge on any atom is -0.481 e. The fraction of sp³-hybridized carbons (Fsp3) is 0.562. The fourth-order valence-corrected chi connectivity index (χ4v) is 3.25. The maximum absolute atomic E-state index is 12.7. The molecule has 0 aromatic carbocycles. The second-order valence-corrected chi connectivity index (χ2v) is 6.45. The SMILES string of the molecule is CCOCCCN(CC(C)C(=O)O)C(=O)Cc1csc2nccn12. The molecule has 2 rings (SSSR count). The zero-order valence-corrected chi connectivity index (χ0v) is 14.8. The van der Waals surface area contributed by atoms with E-state index in [1.54, 1.807) is 18.0 Å². The van der Waals surface area contributed by atoms with Crippen LogP contribution in [0.1, 0.15) is 26.0 Å². The van der Waals surface area contributed by atoms with Gasteiger partial charge in [0.1, 0.15) is 0 Å². The van der Waals surface area contributed by atoms with Crippen LogP contribution < -0.4 is 0 Å². The highest BCUT2D eigenvalue weighted by molar-refractivity contribution is 7.15. The number of carbonyl (C=O) groups excluding carboxylic acids is 1. The number of carbonyl (C=O) groups is 2. The quantitative estimate of drug-likeness (QED) is 0.660. The molecule has 2 aromatic rings. The van der Waals surface area contributed by atoms with Crippen molar-refractivity contribution in [2.75, 3.05) is 26.3 Å². The number of aliphatic carboxylic acids is 1. The number of imidazole rings is 1. The van der Waals surface area contributed by atoms with Crippen LogP contribution in [0.2, 0.25) is 0 Å². The van der Waals surface area contributed by atoms with Crippen LogP contribution in [-0.2, 0) is 20.7 Å². The van der Waals surface area contributed by atoms with Crippen LogP contribution in [0.3, 0.4) is 0 Å². The van der Waals surface area contributed by atoms with Crippen molar-refractivity contribution < 1.29 is 19.4 Å². The van der Waals surface area contributed by atoms with E-state index in [-0.39, 0.29) is 18.9 Å². The van der Waals surface area contributed by atoms with Crippen molar-refractivity contribution in [2.45, 2.75) is 26.7 Å². The van der Waals surface area contributed by atoms with Crippen LogP contribution in [0.5, 0.6) is 0 Å². The predicted molar refractivity (Wildman–Crippen MR) is 91.3 cm³/mol. The number of carboxylic acids is 1. The Labute approximate surface area is 144 Å². The van der Waals surface area contributed by atoms with E-state index in [2.05, 4.69) is 4.98 Å². The summed E-state index contributed by atoms with van der Waals surface area (Å²) in [6.07, 6.45) is 4.45. The third kappa shape index (κ3) is 4.78. The van der Waals surface area contributed by atoms with Crippen LogP contribution in [0.15, 0.2) is 17.8 Å². The molecule has 0 radical (unpaired) electrons. The monoisotopic (exact) mass is 353 g/mol. The topological polar surface area (TPSA) is 84.1 Å². The molecule has 1 amide bonds. The lowest BCUT2D eigenvalue weighted by atomic mass is 10.1. The second-order valence-electron chi connectivity index (χ2n) is 5.61. The molecule has 1 atom stereocenters. The first-order valence-electron chi connectivity index (χ1n) is 8.00. The Morgan fingerprint density at radius 1 is 1.50 bits per heavy atom. The number of nitrogens with zero attached hydrogens (tertiary/aromatic N) is 3. The Kier molecular flexibility index (Phi) is 6.74. The van der Waals surface area contributed by atoms with E-state index in [1.165, 1.54) is 11.3 Å². The van der Waals surface area contributed by atoms with Crippen LogP contribution in [-0.4, -0.2) is 57.6 Å². The Hall–Kier alpha value is -1.93. The molecule has 0 spiro atoms. The van der Waals surface area contributed by atoms with E-state index in [0.29, 0.717) is 26.2 Å². The van der Waals surface area contributed by atoms with Gasteiger partial charge in [0.15, 0.2) is 4.96 Å². The van der Waals surface area contributed by atoms with Crippen LogP contribution >= 0.6 is 11.3 Å². The smallest absolute Gasteiger partial charge is 0.308 e. The van der Waals surface area contributed by atoms with Gasteiger partial charge in [-0.1, -0.05) is 6.92 Å². The summed E-state index contributed by atoms with van der Waals surface area (Å²) in [6.45, 7) is 5.43. The van der Waals surface area contributed by atoms with Crippen LogP contribution in [0.4, 0.5) is 0 Å². The van der Waals surface area contributed by atoms with Gasteiger partial charge >= 0.3 is 5.97 Å². The number of fused-ring (bicyclic) bond motifs is 1. The van der Waals surface area contributed by atoms with Gasteiger partial charge in [-0.25, -0.2) is 4.98 Å². The van der Waals surface area contributed by atoms with Crippen LogP contribution in [0, 0.1) is 5.92 Å². The first-order chi connectivity index (χ1) is 11.5. The van der Waals surface area contributed by atoms with E-state index in [0.717, 1.165) is 10.7 Å². The molecule has 0 fully saturated rings. The Balaban J connectivity index is 2.01. The number of ether oxygens (including phenoxy) is 1. The predicted octanol–water partition coefficient (Wildman–Crippen LogP) is 1.91. The molecule has 0 aliphatic carbocycles. The molecule has 0 saturated carbocycles. The number of hydrogen-bond donors (Lipinski definition) is 1. The van der Waals surface area contributed by atoms with Crippen molar-refractivity contribution in [1.82, 2.24) is 14.3 Å². The minimum atomic E-state index is -0.898. The summed E-state index contributed by atoms with van der Waals surface area (Å²) in [7, 11) is 0. The summed E-state index contributed by atoms with van der Waals surface area (Å²) >= 11 is 1.48. The molecule has 1 N–H and O–H groups in total. The van der Waals surface area contributed by atoms with Gasteiger partial charge in [0.2, 0.25) is 5.91 Å². The summed E-state index contributed by atoms with van der Waals surface area (Å²) in [5, 5.41) is 11.0. The molecule has 1 unspecified atom stereocenters. The van der Waals surface area contributed by atoms with Gasteiger partial charge < -0.3 is 14.7 Å². The average Bonchev–Trinajstić information content (AvgIpc) is 3.15. The Morgan fingerprint density at radius 3 is 3.00 bits per heavy atom. The highest BCUT2D eigenvalue weighted by Crippen LogP contribution is 2.16. The lowest BCUT2D eigenvalue weighted by molar-refractivity contribution is -0.143. The first-order valence-corrected chi connectivity index (χ1v) is 8.88. The zero-order chi connectivity index (χ0) is 17.5. The maximum Gasteiger partial charge on any atom is 0.308 e. The van der Waals surface area contributed by atoms with E-state index in [9.17, 15) is 9.59 Å². The number of amides is 1. The van der Waals surface area contributed by atoms with Crippen molar-refractivity contribution >= 4 is 28.2 Å². The molecule has 7 nitrogen and oxygen atoms in total. The molecule has 8 heteroatoms. The van der Waals surface area contributed by atoms with Crippen molar-refractivity contribution in [3.8, 4) is 0 Å². The van der Waals surface area contributed by atoms with Crippen LogP contribution in [0.25, 0.3) is 4.96 Å². The third-order valence-corrected chi connectivity index (χ3v) is 4.64. The van der Waals surface area contributed by atoms with Gasteiger partial charge in [0, 0.05) is 49.8 Å². The largest absolute Gasteiger partial charge is 0.481 e. The van der Waals surface area contributed by atoms with E-state index >= 15 is 0 Å².